The van der Waals surface area contributed by atoms with Gasteiger partial charge in [-0.05, 0) is 71.9 Å². The number of ether oxygens (including phenoxy) is 2. The highest BCUT2D eigenvalue weighted by atomic mass is 32.2. The lowest BCUT2D eigenvalue weighted by Crippen LogP contribution is -2.40. The molecule has 1 aromatic carbocycles. The molecule has 3 N–H and O–H groups in total. The average Bonchev–Trinajstić information content (AvgIpc) is 3.09. The number of rotatable bonds is 6. The summed E-state index contributed by atoms with van der Waals surface area (Å²) in [6.07, 6.45) is -0.688. The highest BCUT2D eigenvalue weighted by molar-refractivity contribution is 7.89. The third-order valence-electron chi connectivity index (χ3n) is 3.60. The van der Waals surface area contributed by atoms with E-state index in [1.165, 1.54) is 25.3 Å². The Morgan fingerprint density at radius 3 is 2.19 bits per heavy atom. The third kappa shape index (κ3) is 7.27. The maximum atomic E-state index is 12.6. The summed E-state index contributed by atoms with van der Waals surface area (Å²) >= 11 is 0. The van der Waals surface area contributed by atoms with Crippen molar-refractivity contribution in [1.29, 1.82) is 0 Å². The summed E-state index contributed by atoms with van der Waals surface area (Å²) in [5, 5.41) is 4.78. The molecule has 2 amide bonds. The van der Waals surface area contributed by atoms with E-state index in [1.807, 2.05) is 0 Å². The Balaban J connectivity index is 2.18. The van der Waals surface area contributed by atoms with Crippen LogP contribution in [0.2, 0.25) is 0 Å². The molecule has 0 aliphatic carbocycles. The quantitative estimate of drug-likeness (QED) is 0.585. The molecular formula is C21H29N3O7S. The first-order valence-electron chi connectivity index (χ1n) is 9.73. The minimum atomic E-state index is -3.92. The smallest absolute Gasteiger partial charge is 0.412 e. The minimum absolute atomic E-state index is 0.197. The first kappa shape index (κ1) is 25.2. The molecule has 11 heteroatoms. The summed E-state index contributed by atoms with van der Waals surface area (Å²) in [6, 6.07) is 7.04. The Bertz CT molecular complexity index is 1090. The number of nitrogens with one attached hydrogen (secondary N) is 3. The van der Waals surface area contributed by atoms with Gasteiger partial charge < -0.3 is 19.2 Å². The van der Waals surface area contributed by atoms with Gasteiger partial charge in [0, 0.05) is 11.2 Å². The molecule has 0 unspecified atom stereocenters. The maximum absolute atomic E-state index is 12.6. The fraction of sp³-hybridized carbons (Fsp3) is 0.429. The van der Waals surface area contributed by atoms with Gasteiger partial charge in [-0.25, -0.2) is 17.9 Å². The second-order valence-electron chi connectivity index (χ2n) is 8.97. The average molecular weight is 468 g/mol. The molecule has 0 bridgehead atoms. The van der Waals surface area contributed by atoms with Crippen molar-refractivity contribution in [3.8, 4) is 5.75 Å². The molecule has 0 atom stereocenters. The number of amides is 2. The number of carbonyl (C=O) groups is 2. The molecule has 0 saturated heterocycles. The van der Waals surface area contributed by atoms with Crippen molar-refractivity contribution in [2.45, 2.75) is 57.8 Å². The summed E-state index contributed by atoms with van der Waals surface area (Å²) < 4.78 is 42.9. The number of furan rings is 1. The van der Waals surface area contributed by atoms with Crippen molar-refractivity contribution in [2.24, 2.45) is 0 Å². The van der Waals surface area contributed by atoms with Crippen LogP contribution in [-0.2, 0) is 14.8 Å². The zero-order valence-electron chi connectivity index (χ0n) is 19.2. The largest absolute Gasteiger partial charge is 0.495 e. The molecule has 0 fully saturated rings. The topological polar surface area (TPSA) is 136 Å². The number of sulfonamides is 1. The molecule has 176 valence electrons. The van der Waals surface area contributed by atoms with Gasteiger partial charge in [-0.2, -0.15) is 0 Å². The van der Waals surface area contributed by atoms with Crippen LogP contribution in [0.15, 0.2) is 39.8 Å². The van der Waals surface area contributed by atoms with Crippen molar-refractivity contribution in [3.05, 3.63) is 36.1 Å². The van der Waals surface area contributed by atoms with Crippen LogP contribution in [-0.4, -0.2) is 38.7 Å². The van der Waals surface area contributed by atoms with Crippen molar-refractivity contribution in [2.75, 3.05) is 17.7 Å². The molecule has 0 saturated carbocycles. The van der Waals surface area contributed by atoms with E-state index in [9.17, 15) is 18.0 Å². The van der Waals surface area contributed by atoms with Crippen LogP contribution < -0.4 is 20.1 Å². The number of hydrogen-bond donors (Lipinski definition) is 3. The first-order chi connectivity index (χ1) is 14.6. The normalized spacial score (nSPS) is 12.2. The SMILES string of the molecule is COc1ccc(NC(=O)c2ccc(S(=O)(=O)NC(C)(C)C)o2)cc1NC(=O)OC(C)(C)C. The van der Waals surface area contributed by atoms with E-state index in [2.05, 4.69) is 15.4 Å². The van der Waals surface area contributed by atoms with Gasteiger partial charge in [0.15, 0.2) is 5.76 Å². The molecule has 1 aromatic heterocycles. The van der Waals surface area contributed by atoms with Gasteiger partial charge in [-0.1, -0.05) is 0 Å². The Kier molecular flexibility index (Phi) is 7.26. The molecule has 0 aliphatic heterocycles. The Labute approximate surface area is 187 Å². The van der Waals surface area contributed by atoms with Crippen LogP contribution >= 0.6 is 0 Å². The summed E-state index contributed by atoms with van der Waals surface area (Å²) in [4.78, 5) is 24.6. The molecule has 32 heavy (non-hydrogen) atoms. The lowest BCUT2D eigenvalue weighted by molar-refractivity contribution is 0.0635. The molecule has 0 radical (unpaired) electrons. The predicted molar refractivity (Wildman–Crippen MR) is 120 cm³/mol. The number of anilines is 2. The fourth-order valence-corrected chi connectivity index (χ4v) is 3.88. The second-order valence-corrected chi connectivity index (χ2v) is 10.6. The van der Waals surface area contributed by atoms with Crippen LogP contribution in [0.3, 0.4) is 0 Å². The van der Waals surface area contributed by atoms with Crippen molar-refractivity contribution in [1.82, 2.24) is 4.72 Å². The summed E-state index contributed by atoms with van der Waals surface area (Å²) in [7, 11) is -2.49. The monoisotopic (exact) mass is 467 g/mol. The Morgan fingerprint density at radius 1 is 0.969 bits per heavy atom. The molecule has 2 aromatic rings. The highest BCUT2D eigenvalue weighted by Gasteiger charge is 2.26. The van der Waals surface area contributed by atoms with Gasteiger partial charge in [0.25, 0.3) is 15.9 Å². The van der Waals surface area contributed by atoms with E-state index in [-0.39, 0.29) is 16.5 Å². The van der Waals surface area contributed by atoms with E-state index < -0.39 is 33.2 Å². The Morgan fingerprint density at radius 2 is 1.62 bits per heavy atom. The predicted octanol–water partition coefficient (Wildman–Crippen LogP) is 3.96. The molecule has 0 spiro atoms. The van der Waals surface area contributed by atoms with Gasteiger partial charge in [-0.15, -0.1) is 0 Å². The molecule has 1 heterocycles. The first-order valence-corrected chi connectivity index (χ1v) is 11.2. The van der Waals surface area contributed by atoms with E-state index in [4.69, 9.17) is 13.9 Å². The standard InChI is InChI=1S/C21H29N3O7S/c1-20(2,3)24-32(27,28)17-11-10-16(30-17)18(25)22-13-8-9-15(29-7)14(12-13)23-19(26)31-21(4,5)6/h8-12,24H,1-7H3,(H,22,25)(H,23,26). The van der Waals surface area contributed by atoms with E-state index in [1.54, 1.807) is 53.7 Å². The maximum Gasteiger partial charge on any atom is 0.412 e. The lowest BCUT2D eigenvalue weighted by atomic mass is 10.1. The number of carbonyl (C=O) groups excluding carboxylic acids is 2. The number of benzene rings is 1. The van der Waals surface area contributed by atoms with Crippen LogP contribution in [0.4, 0.5) is 16.2 Å². The third-order valence-corrected chi connectivity index (χ3v) is 5.23. The van der Waals surface area contributed by atoms with Gasteiger partial charge in [-0.3, -0.25) is 10.1 Å². The number of methoxy groups -OCH3 is 1. The zero-order chi connectivity index (χ0) is 24.3. The van der Waals surface area contributed by atoms with Crippen molar-refractivity contribution >= 4 is 33.4 Å². The van der Waals surface area contributed by atoms with Crippen LogP contribution in [0, 0.1) is 0 Å². The lowest BCUT2D eigenvalue weighted by Gasteiger charge is -2.20. The highest BCUT2D eigenvalue weighted by Crippen LogP contribution is 2.29. The van der Waals surface area contributed by atoms with Crippen molar-refractivity contribution < 1.29 is 31.9 Å². The van der Waals surface area contributed by atoms with E-state index in [0.29, 0.717) is 11.4 Å². The van der Waals surface area contributed by atoms with E-state index in [0.717, 1.165) is 0 Å². The summed E-state index contributed by atoms with van der Waals surface area (Å²) in [5.41, 5.74) is -0.816. The van der Waals surface area contributed by atoms with Crippen LogP contribution in [0.1, 0.15) is 52.1 Å². The summed E-state index contributed by atoms with van der Waals surface area (Å²) in [6.45, 7) is 10.3. The van der Waals surface area contributed by atoms with Gasteiger partial charge >= 0.3 is 6.09 Å². The van der Waals surface area contributed by atoms with E-state index >= 15 is 0 Å². The minimum Gasteiger partial charge on any atom is -0.495 e. The Hall–Kier alpha value is -3.05. The zero-order valence-corrected chi connectivity index (χ0v) is 20.0. The van der Waals surface area contributed by atoms with Crippen molar-refractivity contribution in [3.63, 3.8) is 0 Å². The molecule has 10 nitrogen and oxygen atoms in total. The van der Waals surface area contributed by atoms with Gasteiger partial charge in [0.2, 0.25) is 5.09 Å². The second kappa shape index (κ2) is 9.21. The molecular weight excluding hydrogens is 438 g/mol. The van der Waals surface area contributed by atoms with Gasteiger partial charge in [0.1, 0.15) is 11.4 Å². The van der Waals surface area contributed by atoms with Gasteiger partial charge in [0.05, 0.1) is 12.8 Å². The molecule has 2 rings (SSSR count). The fourth-order valence-electron chi connectivity index (χ4n) is 2.53. The molecule has 0 aliphatic rings. The summed E-state index contributed by atoms with van der Waals surface area (Å²) in [5.74, 6) is -0.513. The van der Waals surface area contributed by atoms with Crippen LogP contribution in [0.5, 0.6) is 5.75 Å². The van der Waals surface area contributed by atoms with Crippen LogP contribution in [0.25, 0.3) is 0 Å². The number of hydrogen-bond acceptors (Lipinski definition) is 7.